The average Bonchev–Trinajstić information content (AvgIpc) is 2.29. The molecule has 0 aliphatic carbocycles. The fourth-order valence-corrected chi connectivity index (χ4v) is 1.76. The van der Waals surface area contributed by atoms with Crippen LogP contribution in [0.2, 0.25) is 0 Å². The lowest BCUT2D eigenvalue weighted by molar-refractivity contribution is -0.120. The second-order valence-electron chi connectivity index (χ2n) is 3.75. The van der Waals surface area contributed by atoms with Gasteiger partial charge in [-0.1, -0.05) is 6.07 Å². The lowest BCUT2D eigenvalue weighted by atomic mass is 10.1. The fourth-order valence-electron chi connectivity index (χ4n) is 1.76. The van der Waals surface area contributed by atoms with E-state index < -0.39 is 0 Å². The molecular formula is C11H14FN3O. The van der Waals surface area contributed by atoms with E-state index in [9.17, 15) is 9.18 Å². The van der Waals surface area contributed by atoms with Gasteiger partial charge in [-0.3, -0.25) is 4.79 Å². The van der Waals surface area contributed by atoms with Crippen LogP contribution in [0, 0.1) is 5.82 Å². The normalized spacial score (nSPS) is 16.1. The number of piperazine rings is 1. The van der Waals surface area contributed by atoms with Crippen LogP contribution >= 0.6 is 0 Å². The molecule has 1 fully saturated rings. The first-order valence-electron chi connectivity index (χ1n) is 5.21. The smallest absolute Gasteiger partial charge is 0.239 e. The molecule has 1 aliphatic heterocycles. The highest BCUT2D eigenvalue weighted by Gasteiger charge is 2.17. The van der Waals surface area contributed by atoms with Crippen molar-refractivity contribution in [2.24, 2.45) is 5.73 Å². The van der Waals surface area contributed by atoms with Gasteiger partial charge in [-0.25, -0.2) is 4.39 Å². The molecule has 1 saturated heterocycles. The molecule has 16 heavy (non-hydrogen) atoms. The second-order valence-corrected chi connectivity index (χ2v) is 3.75. The van der Waals surface area contributed by atoms with Crippen molar-refractivity contribution in [2.75, 3.05) is 24.5 Å². The monoisotopic (exact) mass is 223 g/mol. The first-order chi connectivity index (χ1) is 7.70. The van der Waals surface area contributed by atoms with Crippen LogP contribution < -0.4 is 16.0 Å². The zero-order chi connectivity index (χ0) is 11.5. The number of halogens is 1. The number of rotatable bonds is 2. The van der Waals surface area contributed by atoms with Crippen molar-refractivity contribution in [1.82, 2.24) is 5.32 Å². The van der Waals surface area contributed by atoms with Gasteiger partial charge in [0, 0.05) is 30.9 Å². The van der Waals surface area contributed by atoms with E-state index in [4.69, 9.17) is 5.73 Å². The van der Waals surface area contributed by atoms with Crippen molar-refractivity contribution < 1.29 is 9.18 Å². The minimum atomic E-state index is -0.314. The highest BCUT2D eigenvalue weighted by molar-refractivity contribution is 5.82. The summed E-state index contributed by atoms with van der Waals surface area (Å²) in [5.74, 6) is -0.347. The molecule has 0 saturated carbocycles. The van der Waals surface area contributed by atoms with Gasteiger partial charge in [0.2, 0.25) is 5.91 Å². The second kappa shape index (κ2) is 4.49. The maximum Gasteiger partial charge on any atom is 0.239 e. The molecule has 0 unspecified atom stereocenters. The molecule has 1 heterocycles. The number of carbonyl (C=O) groups is 1. The van der Waals surface area contributed by atoms with E-state index in [1.54, 1.807) is 12.1 Å². The molecule has 0 radical (unpaired) electrons. The Morgan fingerprint density at radius 3 is 2.94 bits per heavy atom. The number of anilines is 1. The largest absolute Gasteiger partial charge is 0.360 e. The Kier molecular flexibility index (Phi) is 3.05. The van der Waals surface area contributed by atoms with Crippen LogP contribution in [-0.4, -0.2) is 25.5 Å². The summed E-state index contributed by atoms with van der Waals surface area (Å²) in [6.45, 7) is 1.76. The number of carbonyl (C=O) groups excluding carboxylic acids is 1. The standard InChI is InChI=1S/C11H14FN3O/c12-10-5-9(2-1-8(10)6-13)15-4-3-14-11(16)7-15/h1-2,5H,3-4,6-7,13H2,(H,14,16). The van der Waals surface area contributed by atoms with Crippen LogP contribution in [0.4, 0.5) is 10.1 Å². The topological polar surface area (TPSA) is 58.4 Å². The van der Waals surface area contributed by atoms with E-state index in [-0.39, 0.29) is 24.8 Å². The van der Waals surface area contributed by atoms with Crippen LogP contribution in [-0.2, 0) is 11.3 Å². The summed E-state index contributed by atoms with van der Waals surface area (Å²) < 4.78 is 13.5. The van der Waals surface area contributed by atoms with E-state index in [2.05, 4.69) is 5.32 Å². The maximum atomic E-state index is 13.5. The van der Waals surface area contributed by atoms with Crippen LogP contribution in [0.25, 0.3) is 0 Å². The molecule has 1 aliphatic rings. The van der Waals surface area contributed by atoms with Gasteiger partial charge < -0.3 is 16.0 Å². The summed E-state index contributed by atoms with van der Waals surface area (Å²) in [5.41, 5.74) is 6.60. The van der Waals surface area contributed by atoms with E-state index in [1.807, 2.05) is 4.90 Å². The van der Waals surface area contributed by atoms with Gasteiger partial charge in [0.1, 0.15) is 5.82 Å². The molecular weight excluding hydrogens is 209 g/mol. The maximum absolute atomic E-state index is 13.5. The van der Waals surface area contributed by atoms with Crippen LogP contribution in [0.15, 0.2) is 18.2 Å². The first kappa shape index (κ1) is 10.9. The molecule has 0 atom stereocenters. The summed E-state index contributed by atoms with van der Waals surface area (Å²) in [5, 5.41) is 2.72. The summed E-state index contributed by atoms with van der Waals surface area (Å²) >= 11 is 0. The number of benzene rings is 1. The van der Waals surface area contributed by atoms with Gasteiger partial charge in [0.15, 0.2) is 0 Å². The SMILES string of the molecule is NCc1ccc(N2CCNC(=O)C2)cc1F. The van der Waals surface area contributed by atoms with Crippen molar-refractivity contribution in [3.8, 4) is 0 Å². The Morgan fingerprint density at radius 1 is 1.50 bits per heavy atom. The third-order valence-electron chi connectivity index (χ3n) is 2.66. The predicted octanol–water partition coefficient (Wildman–Crippen LogP) is 0.221. The van der Waals surface area contributed by atoms with E-state index in [1.165, 1.54) is 6.07 Å². The zero-order valence-electron chi connectivity index (χ0n) is 8.87. The summed E-state index contributed by atoms with van der Waals surface area (Å²) in [4.78, 5) is 13.0. The minimum Gasteiger partial charge on any atom is -0.360 e. The van der Waals surface area contributed by atoms with E-state index >= 15 is 0 Å². The Labute approximate surface area is 93.2 Å². The quantitative estimate of drug-likeness (QED) is 0.754. The Bertz CT molecular complexity index is 408. The third kappa shape index (κ3) is 2.14. The van der Waals surface area contributed by atoms with E-state index in [0.717, 1.165) is 5.69 Å². The molecule has 1 aromatic carbocycles. The Balaban J connectivity index is 2.20. The van der Waals surface area contributed by atoms with Gasteiger partial charge in [-0.2, -0.15) is 0 Å². The highest BCUT2D eigenvalue weighted by Crippen LogP contribution is 2.18. The number of nitrogens with two attached hydrogens (primary N) is 1. The summed E-state index contributed by atoms with van der Waals surface area (Å²) in [7, 11) is 0. The summed E-state index contributed by atoms with van der Waals surface area (Å²) in [6.07, 6.45) is 0. The number of hydrogen-bond donors (Lipinski definition) is 2. The number of hydrogen-bond acceptors (Lipinski definition) is 3. The highest BCUT2D eigenvalue weighted by atomic mass is 19.1. The molecule has 86 valence electrons. The Morgan fingerprint density at radius 2 is 2.31 bits per heavy atom. The van der Waals surface area contributed by atoms with Crippen LogP contribution in [0.3, 0.4) is 0 Å². The Hall–Kier alpha value is -1.62. The van der Waals surface area contributed by atoms with Crippen molar-refractivity contribution in [3.63, 3.8) is 0 Å². The molecule has 0 aromatic heterocycles. The molecule has 4 nitrogen and oxygen atoms in total. The van der Waals surface area contributed by atoms with Gasteiger partial charge >= 0.3 is 0 Å². The minimum absolute atomic E-state index is 0.0328. The molecule has 0 spiro atoms. The van der Waals surface area contributed by atoms with Crippen molar-refractivity contribution in [3.05, 3.63) is 29.6 Å². The molecule has 0 bridgehead atoms. The number of amides is 1. The molecule has 1 aromatic rings. The van der Waals surface area contributed by atoms with Crippen LogP contribution in [0.1, 0.15) is 5.56 Å². The van der Waals surface area contributed by atoms with Gasteiger partial charge in [0.25, 0.3) is 0 Å². The molecule has 3 N–H and O–H groups in total. The van der Waals surface area contributed by atoms with Crippen molar-refractivity contribution in [1.29, 1.82) is 0 Å². The molecule has 1 amide bonds. The number of nitrogens with zero attached hydrogens (tertiary/aromatic N) is 1. The van der Waals surface area contributed by atoms with Crippen LogP contribution in [0.5, 0.6) is 0 Å². The third-order valence-corrected chi connectivity index (χ3v) is 2.66. The van der Waals surface area contributed by atoms with E-state index in [0.29, 0.717) is 18.7 Å². The lowest BCUT2D eigenvalue weighted by Gasteiger charge is -2.28. The van der Waals surface area contributed by atoms with Crippen molar-refractivity contribution in [2.45, 2.75) is 6.54 Å². The van der Waals surface area contributed by atoms with Gasteiger partial charge in [-0.15, -0.1) is 0 Å². The van der Waals surface area contributed by atoms with Gasteiger partial charge in [0.05, 0.1) is 6.54 Å². The fraction of sp³-hybridized carbons (Fsp3) is 0.364. The average molecular weight is 223 g/mol. The summed E-state index contributed by atoms with van der Waals surface area (Å²) in [6, 6.07) is 4.89. The lowest BCUT2D eigenvalue weighted by Crippen LogP contribution is -2.47. The predicted molar refractivity (Wildman–Crippen MR) is 59.5 cm³/mol. The van der Waals surface area contributed by atoms with Gasteiger partial charge in [-0.05, 0) is 12.1 Å². The molecule has 5 heteroatoms. The number of nitrogens with one attached hydrogen (secondary N) is 1. The molecule has 2 rings (SSSR count). The first-order valence-corrected chi connectivity index (χ1v) is 5.21. The zero-order valence-corrected chi connectivity index (χ0v) is 8.87. The van der Waals surface area contributed by atoms with Crippen molar-refractivity contribution >= 4 is 11.6 Å².